The molecule has 1 amide bonds. The van der Waals surface area contributed by atoms with Crippen LogP contribution >= 0.6 is 11.3 Å². The van der Waals surface area contributed by atoms with Crippen molar-refractivity contribution in [3.8, 4) is 34.3 Å². The van der Waals surface area contributed by atoms with Crippen LogP contribution in [0.2, 0.25) is 0 Å². The normalized spacial score (nSPS) is 10.9. The van der Waals surface area contributed by atoms with Gasteiger partial charge in [-0.25, -0.2) is 4.98 Å². The predicted molar refractivity (Wildman–Crippen MR) is 161 cm³/mol. The highest BCUT2D eigenvalue weighted by atomic mass is 32.1. The molecule has 10 nitrogen and oxygen atoms in total. The van der Waals surface area contributed by atoms with Gasteiger partial charge in [-0.15, -0.1) is 11.3 Å². The molecule has 2 aromatic heterocycles. The highest BCUT2D eigenvalue weighted by molar-refractivity contribution is 7.14. The second-order valence-electron chi connectivity index (χ2n) is 9.12. The number of hydrogen-bond donors (Lipinski definition) is 1. The maximum atomic E-state index is 13.2. The Hall–Kier alpha value is -5.55. The summed E-state index contributed by atoms with van der Waals surface area (Å²) in [6.07, 6.45) is 1.67. The molecule has 0 unspecified atom stereocenters. The Morgan fingerprint density at radius 3 is 2.45 bits per heavy atom. The van der Waals surface area contributed by atoms with E-state index in [0.717, 1.165) is 21.7 Å². The van der Waals surface area contributed by atoms with Gasteiger partial charge in [0.25, 0.3) is 11.6 Å². The standard InChI is InChI=1S/C31H22N4O6S/c1-39-28-15-24-25(16-29(28)40-2)32-13-12-27(24)41-21-10-11-22-19(14-21)4-3-5-23(22)30(36)34-31-33-26(17-42-31)18-6-8-20(9-7-18)35(37)38/h3-17H,1-2H3,(H,33,34,36). The monoisotopic (exact) mass is 578 g/mol. The summed E-state index contributed by atoms with van der Waals surface area (Å²) in [6, 6.07) is 22.5. The first-order valence-electron chi connectivity index (χ1n) is 12.7. The van der Waals surface area contributed by atoms with Gasteiger partial charge < -0.3 is 14.2 Å². The van der Waals surface area contributed by atoms with Crippen LogP contribution in [0.1, 0.15) is 10.4 Å². The second-order valence-corrected chi connectivity index (χ2v) is 9.98. The highest BCUT2D eigenvalue weighted by Gasteiger charge is 2.15. The van der Waals surface area contributed by atoms with Crippen LogP contribution in [0.3, 0.4) is 0 Å². The molecule has 0 aliphatic rings. The summed E-state index contributed by atoms with van der Waals surface area (Å²) in [5.74, 6) is 2.03. The largest absolute Gasteiger partial charge is 0.493 e. The molecular formula is C31H22N4O6S. The van der Waals surface area contributed by atoms with Crippen molar-refractivity contribution in [3.63, 3.8) is 0 Å². The quantitative estimate of drug-likeness (QED) is 0.145. The number of hydrogen-bond acceptors (Lipinski definition) is 9. The van der Waals surface area contributed by atoms with E-state index in [1.807, 2.05) is 36.4 Å². The van der Waals surface area contributed by atoms with Crippen LogP contribution in [0.4, 0.5) is 10.8 Å². The number of methoxy groups -OCH3 is 2. The number of rotatable bonds is 8. The maximum absolute atomic E-state index is 13.2. The van der Waals surface area contributed by atoms with E-state index in [2.05, 4.69) is 15.3 Å². The molecule has 0 radical (unpaired) electrons. The number of fused-ring (bicyclic) bond motifs is 2. The molecule has 6 aromatic rings. The van der Waals surface area contributed by atoms with Gasteiger partial charge in [0.05, 0.1) is 30.4 Å². The summed E-state index contributed by atoms with van der Waals surface area (Å²) in [5, 5.41) is 18.3. The van der Waals surface area contributed by atoms with E-state index in [0.29, 0.717) is 44.9 Å². The molecule has 6 rings (SSSR count). The average molecular weight is 579 g/mol. The highest BCUT2D eigenvalue weighted by Crippen LogP contribution is 2.37. The van der Waals surface area contributed by atoms with Crippen LogP contribution in [0, 0.1) is 10.1 Å². The Morgan fingerprint density at radius 1 is 0.905 bits per heavy atom. The van der Waals surface area contributed by atoms with Crippen LogP contribution < -0.4 is 19.5 Å². The summed E-state index contributed by atoms with van der Waals surface area (Å²) in [4.78, 5) is 32.6. The van der Waals surface area contributed by atoms with Gasteiger partial charge in [-0.05, 0) is 59.3 Å². The van der Waals surface area contributed by atoms with Crippen LogP contribution in [0.5, 0.6) is 23.0 Å². The lowest BCUT2D eigenvalue weighted by molar-refractivity contribution is -0.384. The Balaban J connectivity index is 1.24. The van der Waals surface area contributed by atoms with Crippen LogP contribution in [-0.4, -0.2) is 35.0 Å². The number of nitro groups is 1. The lowest BCUT2D eigenvalue weighted by Gasteiger charge is -2.13. The molecule has 0 bridgehead atoms. The molecule has 0 fully saturated rings. The smallest absolute Gasteiger partial charge is 0.269 e. The van der Waals surface area contributed by atoms with E-state index in [1.165, 1.54) is 23.5 Å². The Morgan fingerprint density at radius 2 is 1.69 bits per heavy atom. The molecule has 1 N–H and O–H groups in total. The van der Waals surface area contributed by atoms with E-state index < -0.39 is 4.92 Å². The Bertz CT molecular complexity index is 1970. The zero-order valence-corrected chi connectivity index (χ0v) is 23.2. The minimum Gasteiger partial charge on any atom is -0.493 e. The molecule has 0 saturated heterocycles. The van der Waals surface area contributed by atoms with Gasteiger partial charge in [0.15, 0.2) is 16.6 Å². The number of nitrogens with one attached hydrogen (secondary N) is 1. The summed E-state index contributed by atoms with van der Waals surface area (Å²) in [5.41, 5.74) is 2.52. The van der Waals surface area contributed by atoms with Crippen LogP contribution in [-0.2, 0) is 0 Å². The van der Waals surface area contributed by atoms with Crippen molar-refractivity contribution < 1.29 is 23.9 Å². The molecule has 0 aliphatic heterocycles. The summed E-state index contributed by atoms with van der Waals surface area (Å²) in [6.45, 7) is 0. The fourth-order valence-electron chi connectivity index (χ4n) is 4.57. The molecule has 0 saturated carbocycles. The van der Waals surface area contributed by atoms with E-state index in [1.54, 1.807) is 56.1 Å². The summed E-state index contributed by atoms with van der Waals surface area (Å²) >= 11 is 1.27. The molecule has 208 valence electrons. The first-order valence-corrected chi connectivity index (χ1v) is 13.5. The summed E-state index contributed by atoms with van der Waals surface area (Å²) < 4.78 is 17.1. The molecular weight excluding hydrogens is 556 g/mol. The van der Waals surface area contributed by atoms with Gasteiger partial charge in [-0.3, -0.25) is 25.2 Å². The maximum Gasteiger partial charge on any atom is 0.269 e. The Kier molecular flexibility index (Phi) is 7.07. The van der Waals surface area contributed by atoms with Gasteiger partial charge in [-0.2, -0.15) is 0 Å². The van der Waals surface area contributed by atoms with Crippen molar-refractivity contribution in [1.82, 2.24) is 9.97 Å². The number of thiazole rings is 1. The molecule has 0 atom stereocenters. The van der Waals surface area contributed by atoms with Crippen molar-refractivity contribution in [2.45, 2.75) is 0 Å². The minimum atomic E-state index is -0.452. The van der Waals surface area contributed by atoms with Crippen molar-refractivity contribution in [1.29, 1.82) is 0 Å². The van der Waals surface area contributed by atoms with Gasteiger partial charge in [0.1, 0.15) is 11.5 Å². The topological polar surface area (TPSA) is 126 Å². The van der Waals surface area contributed by atoms with Gasteiger partial charge in [0, 0.05) is 46.3 Å². The minimum absolute atomic E-state index is 0.00189. The lowest BCUT2D eigenvalue weighted by atomic mass is 10.0. The second kappa shape index (κ2) is 11.1. The molecule has 0 aliphatic carbocycles. The van der Waals surface area contributed by atoms with Crippen LogP contribution in [0.15, 0.2) is 90.4 Å². The molecule has 2 heterocycles. The van der Waals surface area contributed by atoms with E-state index >= 15 is 0 Å². The third-order valence-corrected chi connectivity index (χ3v) is 7.39. The van der Waals surface area contributed by atoms with Gasteiger partial charge in [-0.1, -0.05) is 12.1 Å². The fourth-order valence-corrected chi connectivity index (χ4v) is 5.28. The molecule has 42 heavy (non-hydrogen) atoms. The van der Waals surface area contributed by atoms with Crippen molar-refractivity contribution in [3.05, 3.63) is 106 Å². The number of nitrogens with zero attached hydrogens (tertiary/aromatic N) is 3. The first kappa shape index (κ1) is 26.7. The lowest BCUT2D eigenvalue weighted by Crippen LogP contribution is -2.12. The molecule has 11 heteroatoms. The van der Waals surface area contributed by atoms with Crippen molar-refractivity contribution in [2.24, 2.45) is 0 Å². The number of non-ortho nitro benzene ring substituents is 1. The van der Waals surface area contributed by atoms with E-state index in [9.17, 15) is 14.9 Å². The van der Waals surface area contributed by atoms with Crippen molar-refractivity contribution in [2.75, 3.05) is 19.5 Å². The van der Waals surface area contributed by atoms with E-state index in [4.69, 9.17) is 14.2 Å². The van der Waals surface area contributed by atoms with Gasteiger partial charge in [0.2, 0.25) is 0 Å². The number of carbonyl (C=O) groups excluding carboxylic acids is 1. The SMILES string of the molecule is COc1cc2nccc(Oc3ccc4c(C(=O)Nc5nc(-c6ccc([N+](=O)[O-])cc6)cs5)cccc4c3)c2cc1OC. The first-order chi connectivity index (χ1) is 20.4. The number of ether oxygens (including phenoxy) is 3. The average Bonchev–Trinajstić information content (AvgIpc) is 3.48. The number of nitro benzene ring substituents is 1. The van der Waals surface area contributed by atoms with Crippen LogP contribution in [0.25, 0.3) is 32.9 Å². The zero-order chi connectivity index (χ0) is 29.2. The number of anilines is 1. The third-order valence-electron chi connectivity index (χ3n) is 6.63. The van der Waals surface area contributed by atoms with Crippen molar-refractivity contribution >= 4 is 49.7 Å². The van der Waals surface area contributed by atoms with Gasteiger partial charge >= 0.3 is 0 Å². The van der Waals surface area contributed by atoms with E-state index in [-0.39, 0.29) is 11.6 Å². The molecule has 4 aromatic carbocycles. The number of carbonyl (C=O) groups is 1. The fraction of sp³-hybridized carbons (Fsp3) is 0.0645. The molecule has 0 spiro atoms. The Labute approximate surface area is 243 Å². The predicted octanol–water partition coefficient (Wildman–Crippen LogP) is 7.48. The number of pyridine rings is 1. The number of amides is 1. The zero-order valence-electron chi connectivity index (χ0n) is 22.4. The summed E-state index contributed by atoms with van der Waals surface area (Å²) in [7, 11) is 3.15. The number of benzene rings is 4. The number of aromatic nitrogens is 2. The third kappa shape index (κ3) is 5.16.